The topological polar surface area (TPSA) is 129 Å². The molecule has 8 heteroatoms. The van der Waals surface area contributed by atoms with Gasteiger partial charge in [-0.25, -0.2) is 9.78 Å². The first-order chi connectivity index (χ1) is 12.0. The van der Waals surface area contributed by atoms with Crippen LogP contribution in [-0.2, 0) is 6.61 Å². The number of carboxylic acids is 1. The van der Waals surface area contributed by atoms with E-state index >= 15 is 0 Å². The smallest absolute Gasteiger partial charge is 0.354 e. The highest BCUT2D eigenvalue weighted by atomic mass is 16.6. The summed E-state index contributed by atoms with van der Waals surface area (Å²) < 4.78 is 5.70. The van der Waals surface area contributed by atoms with Crippen LogP contribution in [0, 0.1) is 10.1 Å². The van der Waals surface area contributed by atoms with Crippen molar-refractivity contribution in [3.63, 3.8) is 0 Å². The van der Waals surface area contributed by atoms with E-state index in [4.69, 9.17) is 10.5 Å². The Morgan fingerprint density at radius 3 is 2.60 bits per heavy atom. The number of carboxylic acid groups (broad SMARTS) is 1. The summed E-state index contributed by atoms with van der Waals surface area (Å²) in [4.78, 5) is 25.8. The Kier molecular flexibility index (Phi) is 4.17. The molecule has 0 fully saturated rings. The fourth-order valence-electron chi connectivity index (χ4n) is 2.40. The lowest BCUT2D eigenvalue weighted by atomic mass is 10.1. The molecule has 0 amide bonds. The van der Waals surface area contributed by atoms with Gasteiger partial charge in [0.1, 0.15) is 12.4 Å². The number of anilines is 1. The van der Waals surface area contributed by atoms with E-state index in [1.807, 2.05) is 30.3 Å². The van der Waals surface area contributed by atoms with Gasteiger partial charge in [-0.3, -0.25) is 10.1 Å². The number of carbonyl (C=O) groups is 1. The number of benzene rings is 2. The minimum Gasteiger partial charge on any atom is -0.488 e. The summed E-state index contributed by atoms with van der Waals surface area (Å²) in [7, 11) is 0. The van der Waals surface area contributed by atoms with Crippen molar-refractivity contribution in [3.05, 3.63) is 69.9 Å². The summed E-state index contributed by atoms with van der Waals surface area (Å²) >= 11 is 0. The zero-order chi connectivity index (χ0) is 18.0. The molecule has 2 aromatic carbocycles. The Labute approximate surface area is 141 Å². The number of pyridine rings is 1. The number of fused-ring (bicyclic) bond motifs is 1. The van der Waals surface area contributed by atoms with E-state index in [1.165, 1.54) is 12.1 Å². The van der Waals surface area contributed by atoms with E-state index in [2.05, 4.69) is 4.98 Å². The number of aromatic nitrogens is 1. The van der Waals surface area contributed by atoms with Gasteiger partial charge in [-0.1, -0.05) is 30.3 Å². The highest BCUT2D eigenvalue weighted by Gasteiger charge is 2.21. The molecule has 0 saturated heterocycles. The van der Waals surface area contributed by atoms with Crippen LogP contribution in [0.4, 0.5) is 11.4 Å². The number of nitrogen functional groups attached to an aromatic ring is 1. The predicted molar refractivity (Wildman–Crippen MR) is 90.5 cm³/mol. The molecule has 0 spiro atoms. The maximum absolute atomic E-state index is 11.3. The van der Waals surface area contributed by atoms with E-state index in [-0.39, 0.29) is 40.3 Å². The zero-order valence-electron chi connectivity index (χ0n) is 12.9. The lowest BCUT2D eigenvalue weighted by molar-refractivity contribution is -0.383. The number of nitrogens with zero attached hydrogens (tertiary/aromatic N) is 2. The number of hydrogen-bond donors (Lipinski definition) is 2. The monoisotopic (exact) mass is 339 g/mol. The van der Waals surface area contributed by atoms with Gasteiger partial charge in [0.25, 0.3) is 5.69 Å². The van der Waals surface area contributed by atoms with Crippen molar-refractivity contribution in [3.8, 4) is 5.75 Å². The highest BCUT2D eigenvalue weighted by Crippen LogP contribution is 2.34. The molecule has 0 aliphatic carbocycles. The molecule has 0 radical (unpaired) electrons. The van der Waals surface area contributed by atoms with Gasteiger partial charge in [-0.15, -0.1) is 0 Å². The van der Waals surface area contributed by atoms with Gasteiger partial charge >= 0.3 is 5.97 Å². The molecule has 0 saturated carbocycles. The molecule has 0 atom stereocenters. The molecule has 0 aliphatic rings. The normalized spacial score (nSPS) is 10.6. The van der Waals surface area contributed by atoms with Gasteiger partial charge in [0.2, 0.25) is 0 Å². The van der Waals surface area contributed by atoms with E-state index < -0.39 is 10.9 Å². The quantitative estimate of drug-likeness (QED) is 0.415. The fraction of sp³-hybridized carbons (Fsp3) is 0.0588. The standard InChI is InChI=1S/C17H13N3O5/c18-11-6-12-15(25-9-10-4-2-1-3-5-10)8-13(17(21)22)19-16(12)14(7-11)20(23)24/h1-8H,9,18H2,(H,21,22). The van der Waals surface area contributed by atoms with Crippen molar-refractivity contribution in [1.82, 2.24) is 4.98 Å². The number of non-ortho nitro benzene ring substituents is 1. The van der Waals surface area contributed by atoms with Crippen LogP contribution in [0.1, 0.15) is 16.1 Å². The SMILES string of the molecule is Nc1cc([N+](=O)[O-])c2nc(C(=O)O)cc(OCc3ccccc3)c2c1. The van der Waals surface area contributed by atoms with Crippen molar-refractivity contribution in [2.24, 2.45) is 0 Å². The molecule has 25 heavy (non-hydrogen) atoms. The molecule has 3 N–H and O–H groups in total. The number of nitrogens with two attached hydrogens (primary N) is 1. The van der Waals surface area contributed by atoms with Crippen LogP contribution >= 0.6 is 0 Å². The van der Waals surface area contributed by atoms with Gasteiger partial charge in [0.15, 0.2) is 11.2 Å². The average Bonchev–Trinajstić information content (AvgIpc) is 2.59. The van der Waals surface area contributed by atoms with Crippen molar-refractivity contribution in [1.29, 1.82) is 0 Å². The summed E-state index contributed by atoms with van der Waals surface area (Å²) in [6, 6.07) is 13.1. The molecule has 0 unspecified atom stereocenters. The molecular weight excluding hydrogens is 326 g/mol. The number of ether oxygens (including phenoxy) is 1. The van der Waals surface area contributed by atoms with Crippen LogP contribution < -0.4 is 10.5 Å². The van der Waals surface area contributed by atoms with Crippen LogP contribution in [0.15, 0.2) is 48.5 Å². The molecule has 1 heterocycles. The first-order valence-corrected chi connectivity index (χ1v) is 7.24. The lowest BCUT2D eigenvalue weighted by Crippen LogP contribution is -2.05. The molecule has 0 bridgehead atoms. The van der Waals surface area contributed by atoms with Crippen molar-refractivity contribution < 1.29 is 19.6 Å². The van der Waals surface area contributed by atoms with Crippen LogP contribution in [0.25, 0.3) is 10.9 Å². The Hall–Kier alpha value is -3.68. The molecule has 8 nitrogen and oxygen atoms in total. The zero-order valence-corrected chi connectivity index (χ0v) is 12.9. The van der Waals surface area contributed by atoms with Crippen LogP contribution in [0.2, 0.25) is 0 Å². The maximum atomic E-state index is 11.3. The van der Waals surface area contributed by atoms with E-state index in [0.717, 1.165) is 11.6 Å². The van der Waals surface area contributed by atoms with Crippen LogP contribution in [-0.4, -0.2) is 21.0 Å². The summed E-state index contributed by atoms with van der Waals surface area (Å²) in [5.74, 6) is -1.14. The number of nitro groups is 1. The molecular formula is C17H13N3O5. The Bertz CT molecular complexity index is 973. The fourth-order valence-corrected chi connectivity index (χ4v) is 2.40. The van der Waals surface area contributed by atoms with Crippen molar-refractivity contribution in [2.75, 3.05) is 5.73 Å². The van der Waals surface area contributed by atoms with Gasteiger partial charge in [0, 0.05) is 17.8 Å². The Balaban J connectivity index is 2.15. The first-order valence-electron chi connectivity index (χ1n) is 7.24. The lowest BCUT2D eigenvalue weighted by Gasteiger charge is -2.11. The third-order valence-electron chi connectivity index (χ3n) is 3.53. The van der Waals surface area contributed by atoms with Gasteiger partial charge in [-0.2, -0.15) is 0 Å². The predicted octanol–water partition coefficient (Wildman–Crippen LogP) is 3.00. The largest absolute Gasteiger partial charge is 0.488 e. The average molecular weight is 339 g/mol. The molecule has 3 rings (SSSR count). The molecule has 0 aliphatic heterocycles. The third-order valence-corrected chi connectivity index (χ3v) is 3.53. The number of rotatable bonds is 5. The summed E-state index contributed by atoms with van der Waals surface area (Å²) in [6.45, 7) is 0.168. The second-order valence-electron chi connectivity index (χ2n) is 5.28. The second-order valence-corrected chi connectivity index (χ2v) is 5.28. The van der Waals surface area contributed by atoms with Gasteiger partial charge < -0.3 is 15.6 Å². The van der Waals surface area contributed by atoms with Gasteiger partial charge in [0.05, 0.1) is 10.3 Å². The second kappa shape index (κ2) is 6.44. The molecule has 1 aromatic heterocycles. The van der Waals surface area contributed by atoms with E-state index in [1.54, 1.807) is 0 Å². The molecule has 126 valence electrons. The summed E-state index contributed by atoms with van der Waals surface area (Å²) in [6.07, 6.45) is 0. The van der Waals surface area contributed by atoms with Crippen molar-refractivity contribution in [2.45, 2.75) is 6.61 Å². The number of hydrogen-bond acceptors (Lipinski definition) is 6. The Morgan fingerprint density at radius 2 is 1.96 bits per heavy atom. The minimum absolute atomic E-state index is 0.0813. The molecule has 3 aromatic rings. The number of aromatic carboxylic acids is 1. The number of nitro benzene ring substituents is 1. The summed E-state index contributed by atoms with van der Waals surface area (Å²) in [5, 5.41) is 20.8. The van der Waals surface area contributed by atoms with Gasteiger partial charge in [-0.05, 0) is 11.6 Å². The van der Waals surface area contributed by atoms with Crippen LogP contribution in [0.5, 0.6) is 5.75 Å². The first kappa shape index (κ1) is 16.2. The third kappa shape index (κ3) is 3.32. The highest BCUT2D eigenvalue weighted by molar-refractivity contribution is 5.98. The van der Waals surface area contributed by atoms with Crippen LogP contribution in [0.3, 0.4) is 0 Å². The Morgan fingerprint density at radius 1 is 1.24 bits per heavy atom. The summed E-state index contributed by atoms with van der Waals surface area (Å²) in [5.41, 5.74) is 5.96. The maximum Gasteiger partial charge on any atom is 0.354 e. The van der Waals surface area contributed by atoms with Crippen molar-refractivity contribution >= 4 is 28.2 Å². The van der Waals surface area contributed by atoms with E-state index in [0.29, 0.717) is 0 Å². The minimum atomic E-state index is -1.31. The van der Waals surface area contributed by atoms with E-state index in [9.17, 15) is 20.0 Å².